The highest BCUT2D eigenvalue weighted by Gasteiger charge is 2.06. The predicted molar refractivity (Wildman–Crippen MR) is 82.6 cm³/mol. The number of hydrogen-bond donors (Lipinski definition) is 1. The van der Waals surface area contributed by atoms with E-state index >= 15 is 0 Å². The fraction of sp³-hybridized carbons (Fsp3) is 0.125. The molecular formula is C16H14BrNO3. The highest BCUT2D eigenvalue weighted by atomic mass is 79.9. The molecule has 0 unspecified atom stereocenters. The normalized spacial score (nSPS) is 10.1. The van der Waals surface area contributed by atoms with E-state index in [2.05, 4.69) is 15.9 Å². The first-order valence-corrected chi connectivity index (χ1v) is 7.13. The summed E-state index contributed by atoms with van der Waals surface area (Å²) in [5.41, 5.74) is 7.29. The van der Waals surface area contributed by atoms with Gasteiger partial charge in [-0.1, -0.05) is 40.2 Å². The Labute approximate surface area is 131 Å². The van der Waals surface area contributed by atoms with E-state index in [0.29, 0.717) is 5.56 Å². The smallest absolute Gasteiger partial charge is 0.310 e. The Morgan fingerprint density at radius 1 is 0.952 bits per heavy atom. The van der Waals surface area contributed by atoms with Crippen LogP contribution >= 0.6 is 15.9 Å². The molecule has 0 radical (unpaired) electrons. The van der Waals surface area contributed by atoms with Crippen LogP contribution < -0.4 is 5.73 Å². The Morgan fingerprint density at radius 2 is 1.52 bits per heavy atom. The second-order valence-electron chi connectivity index (χ2n) is 4.53. The van der Waals surface area contributed by atoms with Gasteiger partial charge in [0.2, 0.25) is 5.91 Å². The van der Waals surface area contributed by atoms with Crippen molar-refractivity contribution in [3.63, 3.8) is 0 Å². The van der Waals surface area contributed by atoms with Gasteiger partial charge in [0.05, 0.1) is 6.42 Å². The van der Waals surface area contributed by atoms with Crippen LogP contribution in [0, 0.1) is 0 Å². The average molecular weight is 348 g/mol. The van der Waals surface area contributed by atoms with Crippen molar-refractivity contribution >= 4 is 27.8 Å². The van der Waals surface area contributed by atoms with E-state index in [1.807, 2.05) is 24.3 Å². The van der Waals surface area contributed by atoms with Crippen molar-refractivity contribution < 1.29 is 14.3 Å². The lowest BCUT2D eigenvalue weighted by Crippen LogP contribution is -2.11. The molecule has 0 bridgehead atoms. The zero-order valence-corrected chi connectivity index (χ0v) is 12.8. The second kappa shape index (κ2) is 7.04. The summed E-state index contributed by atoms with van der Waals surface area (Å²) < 4.78 is 6.16. The van der Waals surface area contributed by atoms with Gasteiger partial charge in [-0.05, 0) is 35.4 Å². The molecule has 0 atom stereocenters. The van der Waals surface area contributed by atoms with E-state index in [-0.39, 0.29) is 19.0 Å². The van der Waals surface area contributed by atoms with Crippen LogP contribution in [0.2, 0.25) is 0 Å². The summed E-state index contributed by atoms with van der Waals surface area (Å²) in [7, 11) is 0. The van der Waals surface area contributed by atoms with Gasteiger partial charge < -0.3 is 10.5 Å². The molecule has 0 heterocycles. The highest BCUT2D eigenvalue weighted by molar-refractivity contribution is 9.10. The van der Waals surface area contributed by atoms with E-state index < -0.39 is 5.91 Å². The third-order valence-corrected chi connectivity index (χ3v) is 3.43. The summed E-state index contributed by atoms with van der Waals surface area (Å²) in [6.45, 7) is 0.175. The summed E-state index contributed by atoms with van der Waals surface area (Å²) >= 11 is 3.34. The van der Waals surface area contributed by atoms with Crippen LogP contribution in [-0.4, -0.2) is 11.9 Å². The van der Waals surface area contributed by atoms with Crippen molar-refractivity contribution in [2.24, 2.45) is 5.73 Å². The molecule has 0 spiro atoms. The van der Waals surface area contributed by atoms with E-state index in [9.17, 15) is 9.59 Å². The number of carbonyl (C=O) groups is 2. The minimum atomic E-state index is -0.478. The number of rotatable bonds is 5. The first-order chi connectivity index (χ1) is 10.0. The second-order valence-corrected chi connectivity index (χ2v) is 5.44. The Kier molecular flexibility index (Phi) is 5.11. The van der Waals surface area contributed by atoms with E-state index in [1.165, 1.54) is 0 Å². The molecule has 108 valence electrons. The molecule has 0 aliphatic carbocycles. The van der Waals surface area contributed by atoms with Gasteiger partial charge in [0.1, 0.15) is 6.61 Å². The fourth-order valence-electron chi connectivity index (χ4n) is 1.75. The lowest BCUT2D eigenvalue weighted by atomic mass is 10.1. The standard InChI is InChI=1S/C16H14BrNO3/c17-14-7-3-11(4-8-14)9-15(19)21-10-12-1-5-13(6-2-12)16(18)20/h1-8H,9-10H2,(H2,18,20). The lowest BCUT2D eigenvalue weighted by molar-refractivity contribution is -0.144. The van der Waals surface area contributed by atoms with Gasteiger partial charge in [0.15, 0.2) is 0 Å². The Balaban J connectivity index is 1.86. The maximum absolute atomic E-state index is 11.7. The molecule has 4 nitrogen and oxygen atoms in total. The number of esters is 1. The Bertz CT molecular complexity index is 636. The van der Waals surface area contributed by atoms with Crippen LogP contribution in [0.4, 0.5) is 0 Å². The van der Waals surface area contributed by atoms with Gasteiger partial charge in [0, 0.05) is 10.0 Å². The number of ether oxygens (including phenoxy) is 1. The topological polar surface area (TPSA) is 69.4 Å². The molecule has 2 rings (SSSR count). The minimum absolute atomic E-state index is 0.175. The van der Waals surface area contributed by atoms with Crippen LogP contribution in [-0.2, 0) is 22.6 Å². The fourth-order valence-corrected chi connectivity index (χ4v) is 2.01. The largest absolute Gasteiger partial charge is 0.461 e. The van der Waals surface area contributed by atoms with Crippen molar-refractivity contribution in [1.29, 1.82) is 0 Å². The number of halogens is 1. The molecule has 0 fully saturated rings. The van der Waals surface area contributed by atoms with Gasteiger partial charge in [-0.25, -0.2) is 0 Å². The molecule has 0 aliphatic heterocycles. The number of nitrogens with two attached hydrogens (primary N) is 1. The van der Waals surface area contributed by atoms with E-state index in [4.69, 9.17) is 10.5 Å². The van der Waals surface area contributed by atoms with Crippen LogP contribution in [0.1, 0.15) is 21.5 Å². The average Bonchev–Trinajstić information content (AvgIpc) is 2.48. The maximum Gasteiger partial charge on any atom is 0.310 e. The molecule has 0 saturated heterocycles. The van der Waals surface area contributed by atoms with Crippen molar-refractivity contribution in [3.05, 3.63) is 69.7 Å². The number of amides is 1. The zero-order chi connectivity index (χ0) is 15.2. The third kappa shape index (κ3) is 4.72. The monoisotopic (exact) mass is 347 g/mol. The first-order valence-electron chi connectivity index (χ1n) is 6.33. The number of primary amides is 1. The predicted octanol–water partition coefficient (Wildman–Crippen LogP) is 2.83. The molecule has 21 heavy (non-hydrogen) atoms. The summed E-state index contributed by atoms with van der Waals surface area (Å²) in [5, 5.41) is 0. The summed E-state index contributed by atoms with van der Waals surface area (Å²) in [5.74, 6) is -0.773. The van der Waals surface area contributed by atoms with Crippen LogP contribution in [0.5, 0.6) is 0 Å². The van der Waals surface area contributed by atoms with Crippen molar-refractivity contribution in [1.82, 2.24) is 0 Å². The maximum atomic E-state index is 11.7. The van der Waals surface area contributed by atoms with Crippen molar-refractivity contribution in [2.75, 3.05) is 0 Å². The molecule has 2 aromatic carbocycles. The number of benzene rings is 2. The highest BCUT2D eigenvalue weighted by Crippen LogP contribution is 2.12. The molecule has 1 amide bonds. The number of carbonyl (C=O) groups excluding carboxylic acids is 2. The van der Waals surface area contributed by atoms with Gasteiger partial charge in [-0.3, -0.25) is 9.59 Å². The molecule has 5 heteroatoms. The molecule has 0 saturated carbocycles. The van der Waals surface area contributed by atoms with Gasteiger partial charge in [-0.2, -0.15) is 0 Å². The summed E-state index contributed by atoms with van der Waals surface area (Å²) in [4.78, 5) is 22.7. The van der Waals surface area contributed by atoms with E-state index in [1.54, 1.807) is 24.3 Å². The summed E-state index contributed by atoms with van der Waals surface area (Å²) in [6.07, 6.45) is 0.229. The molecular weight excluding hydrogens is 334 g/mol. The van der Waals surface area contributed by atoms with Gasteiger partial charge in [0.25, 0.3) is 0 Å². The van der Waals surface area contributed by atoms with Crippen LogP contribution in [0.3, 0.4) is 0 Å². The molecule has 0 aliphatic rings. The van der Waals surface area contributed by atoms with Gasteiger partial charge >= 0.3 is 5.97 Å². The Morgan fingerprint density at radius 3 is 2.10 bits per heavy atom. The minimum Gasteiger partial charge on any atom is -0.461 e. The molecule has 0 aromatic heterocycles. The van der Waals surface area contributed by atoms with E-state index in [0.717, 1.165) is 15.6 Å². The van der Waals surface area contributed by atoms with Crippen LogP contribution in [0.15, 0.2) is 53.0 Å². The first kappa shape index (κ1) is 15.3. The Hall–Kier alpha value is -2.14. The third-order valence-electron chi connectivity index (χ3n) is 2.90. The number of hydrogen-bond acceptors (Lipinski definition) is 3. The van der Waals surface area contributed by atoms with Gasteiger partial charge in [-0.15, -0.1) is 0 Å². The zero-order valence-electron chi connectivity index (χ0n) is 11.2. The quantitative estimate of drug-likeness (QED) is 0.845. The molecule has 2 aromatic rings. The summed E-state index contributed by atoms with van der Waals surface area (Å²) in [6, 6.07) is 14.1. The molecule has 2 N–H and O–H groups in total. The van der Waals surface area contributed by atoms with Crippen LogP contribution in [0.25, 0.3) is 0 Å². The van der Waals surface area contributed by atoms with Crippen molar-refractivity contribution in [2.45, 2.75) is 13.0 Å². The van der Waals surface area contributed by atoms with Crippen molar-refractivity contribution in [3.8, 4) is 0 Å². The SMILES string of the molecule is NC(=O)c1ccc(COC(=O)Cc2ccc(Br)cc2)cc1. The lowest BCUT2D eigenvalue weighted by Gasteiger charge is -2.06.